The summed E-state index contributed by atoms with van der Waals surface area (Å²) >= 11 is 13.0. The summed E-state index contributed by atoms with van der Waals surface area (Å²) in [6.07, 6.45) is 0.433. The van der Waals surface area contributed by atoms with Crippen molar-refractivity contribution in [2.24, 2.45) is 0 Å². The van der Waals surface area contributed by atoms with Crippen molar-refractivity contribution >= 4 is 56.3 Å². The molecule has 4 aromatic rings. The zero-order valence-electron chi connectivity index (χ0n) is 15.7. The van der Waals surface area contributed by atoms with E-state index in [0.717, 1.165) is 16.9 Å². The molecule has 0 aliphatic rings. The van der Waals surface area contributed by atoms with Gasteiger partial charge in [0.05, 0.1) is 21.4 Å². The Morgan fingerprint density at radius 2 is 2.00 bits per heavy atom. The van der Waals surface area contributed by atoms with Crippen LogP contribution in [0.25, 0.3) is 21.5 Å². The molecule has 3 N–H and O–H groups in total. The lowest BCUT2D eigenvalue weighted by molar-refractivity contribution is 0.0955. The summed E-state index contributed by atoms with van der Waals surface area (Å²) in [6.45, 7) is 0.226. The van der Waals surface area contributed by atoms with E-state index in [-0.39, 0.29) is 43.6 Å². The lowest BCUT2D eigenvalue weighted by Gasteiger charge is -2.08. The lowest BCUT2D eigenvalue weighted by atomic mass is 10.1. The number of fused-ring (bicyclic) bond motifs is 1. The lowest BCUT2D eigenvalue weighted by Crippen LogP contribution is -2.22. The van der Waals surface area contributed by atoms with Crippen LogP contribution in [0.15, 0.2) is 48.8 Å². The summed E-state index contributed by atoms with van der Waals surface area (Å²) in [6, 6.07) is 9.56. The molecular formula is C21H14Cl2F2N4OS. The number of hydrogen-bond acceptors (Lipinski definition) is 5. The maximum absolute atomic E-state index is 13.9. The predicted octanol–water partition coefficient (Wildman–Crippen LogP) is 6.11. The Bertz CT molecular complexity index is 1280. The van der Waals surface area contributed by atoms with Crippen molar-refractivity contribution in [2.75, 3.05) is 5.73 Å². The SMILES string of the molecule is Nc1c(C(=O)NCc2cccnc2)sc2nc(-c3ccc(Cl)c(Cl)c3)cc(C(F)F)c12. The van der Waals surface area contributed by atoms with Gasteiger partial charge in [-0.3, -0.25) is 9.78 Å². The van der Waals surface area contributed by atoms with Gasteiger partial charge in [0.2, 0.25) is 0 Å². The van der Waals surface area contributed by atoms with Gasteiger partial charge in [0.15, 0.2) is 0 Å². The number of anilines is 1. The maximum atomic E-state index is 13.9. The van der Waals surface area contributed by atoms with Crippen molar-refractivity contribution in [3.05, 3.63) is 74.8 Å². The molecule has 5 nitrogen and oxygen atoms in total. The number of alkyl halides is 2. The second-order valence-electron chi connectivity index (χ2n) is 6.60. The predicted molar refractivity (Wildman–Crippen MR) is 120 cm³/mol. The maximum Gasteiger partial charge on any atom is 0.264 e. The largest absolute Gasteiger partial charge is 0.397 e. The number of aromatic nitrogens is 2. The van der Waals surface area contributed by atoms with E-state index in [4.69, 9.17) is 28.9 Å². The van der Waals surface area contributed by atoms with Gasteiger partial charge in [-0.05, 0) is 29.8 Å². The molecule has 31 heavy (non-hydrogen) atoms. The number of carbonyl (C=O) groups is 1. The average Bonchev–Trinajstić information content (AvgIpc) is 3.10. The van der Waals surface area contributed by atoms with Gasteiger partial charge in [-0.25, -0.2) is 13.8 Å². The highest BCUT2D eigenvalue weighted by molar-refractivity contribution is 7.21. The van der Waals surface area contributed by atoms with Gasteiger partial charge in [0.25, 0.3) is 12.3 Å². The molecule has 0 fully saturated rings. The molecule has 1 aromatic carbocycles. The standard InChI is InChI=1S/C21H14Cl2F2N4OS/c22-13-4-3-11(6-14(13)23)15-7-12(19(24)25)16-17(26)18(31-21(16)29-15)20(30)28-9-10-2-1-5-27-8-10/h1-8,19H,9,26H2,(H,28,30). The van der Waals surface area contributed by atoms with E-state index in [2.05, 4.69) is 15.3 Å². The number of halogens is 4. The van der Waals surface area contributed by atoms with E-state index >= 15 is 0 Å². The van der Waals surface area contributed by atoms with Crippen LogP contribution >= 0.6 is 34.5 Å². The number of amides is 1. The number of nitrogens with zero attached hydrogens (tertiary/aromatic N) is 2. The number of rotatable bonds is 5. The summed E-state index contributed by atoms with van der Waals surface area (Å²) in [4.78, 5) is 21.5. The Kier molecular flexibility index (Phi) is 6.04. The molecule has 0 bridgehead atoms. The van der Waals surface area contributed by atoms with Gasteiger partial charge in [0.1, 0.15) is 9.71 Å². The van der Waals surface area contributed by atoms with Crippen LogP contribution in [0.1, 0.15) is 27.2 Å². The zero-order chi connectivity index (χ0) is 22.1. The van der Waals surface area contributed by atoms with E-state index in [9.17, 15) is 13.6 Å². The molecule has 0 aliphatic heterocycles. The summed E-state index contributed by atoms with van der Waals surface area (Å²) in [5.41, 5.74) is 7.38. The van der Waals surface area contributed by atoms with Crippen molar-refractivity contribution < 1.29 is 13.6 Å². The van der Waals surface area contributed by atoms with Crippen LogP contribution in [0.4, 0.5) is 14.5 Å². The number of thiophene rings is 1. The number of hydrogen-bond donors (Lipinski definition) is 2. The van der Waals surface area contributed by atoms with E-state index in [1.807, 2.05) is 6.07 Å². The quantitative estimate of drug-likeness (QED) is 0.362. The first-order valence-electron chi connectivity index (χ1n) is 8.98. The Morgan fingerprint density at radius 3 is 2.68 bits per heavy atom. The highest BCUT2D eigenvalue weighted by atomic mass is 35.5. The van der Waals surface area contributed by atoms with Crippen LogP contribution in [-0.2, 0) is 6.54 Å². The Labute approximate surface area is 189 Å². The number of benzene rings is 1. The molecule has 0 atom stereocenters. The fourth-order valence-electron chi connectivity index (χ4n) is 3.06. The third-order valence-corrected chi connectivity index (χ3v) is 6.40. The minimum absolute atomic E-state index is 0.0211. The first kappa shape index (κ1) is 21.4. The van der Waals surface area contributed by atoms with Gasteiger partial charge in [-0.2, -0.15) is 0 Å². The first-order chi connectivity index (χ1) is 14.8. The van der Waals surface area contributed by atoms with Crippen molar-refractivity contribution in [3.63, 3.8) is 0 Å². The molecule has 4 rings (SSSR count). The van der Waals surface area contributed by atoms with Gasteiger partial charge in [-0.15, -0.1) is 11.3 Å². The summed E-state index contributed by atoms with van der Waals surface area (Å²) in [7, 11) is 0. The van der Waals surface area contributed by atoms with Crippen LogP contribution in [0.5, 0.6) is 0 Å². The topological polar surface area (TPSA) is 80.9 Å². The Balaban J connectivity index is 1.75. The highest BCUT2D eigenvalue weighted by Crippen LogP contribution is 2.41. The highest BCUT2D eigenvalue weighted by Gasteiger charge is 2.24. The Hall–Kier alpha value is -2.81. The first-order valence-corrected chi connectivity index (χ1v) is 10.6. The molecule has 158 valence electrons. The fourth-order valence-corrected chi connectivity index (χ4v) is 4.40. The van der Waals surface area contributed by atoms with E-state index in [0.29, 0.717) is 10.6 Å². The van der Waals surface area contributed by atoms with E-state index in [1.165, 1.54) is 6.07 Å². The van der Waals surface area contributed by atoms with Gasteiger partial charge in [0, 0.05) is 35.5 Å². The summed E-state index contributed by atoms with van der Waals surface area (Å²) in [5, 5.41) is 3.43. The second kappa shape index (κ2) is 8.74. The average molecular weight is 479 g/mol. The van der Waals surface area contributed by atoms with Crippen molar-refractivity contribution in [1.82, 2.24) is 15.3 Å². The van der Waals surface area contributed by atoms with Crippen molar-refractivity contribution in [3.8, 4) is 11.3 Å². The van der Waals surface area contributed by atoms with Crippen molar-refractivity contribution in [1.29, 1.82) is 0 Å². The molecular weight excluding hydrogens is 465 g/mol. The third kappa shape index (κ3) is 4.32. The number of nitrogens with two attached hydrogens (primary N) is 1. The molecule has 0 saturated heterocycles. The summed E-state index contributed by atoms with van der Waals surface area (Å²) in [5.74, 6) is -0.472. The monoisotopic (exact) mass is 478 g/mol. The second-order valence-corrected chi connectivity index (χ2v) is 8.41. The molecule has 3 aromatic heterocycles. The molecule has 0 unspecified atom stereocenters. The molecule has 0 aliphatic carbocycles. The van der Waals surface area contributed by atoms with E-state index in [1.54, 1.807) is 36.7 Å². The van der Waals surface area contributed by atoms with E-state index < -0.39 is 12.3 Å². The normalized spacial score (nSPS) is 11.3. The van der Waals surface area contributed by atoms with Crippen LogP contribution in [0.3, 0.4) is 0 Å². The summed E-state index contributed by atoms with van der Waals surface area (Å²) < 4.78 is 27.7. The van der Waals surface area contributed by atoms with Crippen LogP contribution in [-0.4, -0.2) is 15.9 Å². The third-order valence-electron chi connectivity index (χ3n) is 4.56. The fraction of sp³-hybridized carbons (Fsp3) is 0.0952. The molecule has 0 saturated carbocycles. The number of nitrogens with one attached hydrogen (secondary N) is 1. The van der Waals surface area contributed by atoms with Crippen molar-refractivity contribution in [2.45, 2.75) is 13.0 Å². The van der Waals surface area contributed by atoms with Gasteiger partial charge < -0.3 is 11.1 Å². The van der Waals surface area contributed by atoms with Gasteiger partial charge >= 0.3 is 0 Å². The molecule has 3 heterocycles. The molecule has 0 spiro atoms. The van der Waals surface area contributed by atoms with Crippen LogP contribution < -0.4 is 11.1 Å². The zero-order valence-corrected chi connectivity index (χ0v) is 18.0. The van der Waals surface area contributed by atoms with Gasteiger partial charge in [-0.1, -0.05) is 35.3 Å². The Morgan fingerprint density at radius 1 is 1.19 bits per heavy atom. The molecule has 0 radical (unpaired) electrons. The van der Waals surface area contributed by atoms with Crippen LogP contribution in [0.2, 0.25) is 10.0 Å². The number of pyridine rings is 2. The molecule has 1 amide bonds. The smallest absolute Gasteiger partial charge is 0.264 e. The van der Waals surface area contributed by atoms with Crippen LogP contribution in [0, 0.1) is 0 Å². The molecule has 10 heteroatoms. The number of nitrogen functional groups attached to an aromatic ring is 1. The minimum Gasteiger partial charge on any atom is -0.397 e. The minimum atomic E-state index is -2.81. The number of carbonyl (C=O) groups excluding carboxylic acids is 1.